The average molecular weight is 308 g/mol. The second-order valence-electron chi connectivity index (χ2n) is 5.46. The topological polar surface area (TPSA) is 52.7 Å². The van der Waals surface area contributed by atoms with Gasteiger partial charge in [0.25, 0.3) is 0 Å². The molecule has 2 aliphatic rings. The quantitative estimate of drug-likeness (QED) is 0.929. The summed E-state index contributed by atoms with van der Waals surface area (Å²) in [6, 6.07) is 7.74. The number of benzene rings is 1. The van der Waals surface area contributed by atoms with Gasteiger partial charge in [0.05, 0.1) is 6.54 Å². The Morgan fingerprint density at radius 1 is 1.29 bits per heavy atom. The summed E-state index contributed by atoms with van der Waals surface area (Å²) in [6.45, 7) is 2.19. The van der Waals surface area contributed by atoms with Crippen LogP contribution in [-0.4, -0.2) is 47.9 Å². The highest BCUT2D eigenvalue weighted by atomic mass is 35.5. The molecule has 3 rings (SSSR count). The van der Waals surface area contributed by atoms with Crippen LogP contribution < -0.4 is 5.32 Å². The number of carbonyl (C=O) groups is 2. The molecule has 1 aromatic carbocycles. The van der Waals surface area contributed by atoms with Crippen LogP contribution in [-0.2, 0) is 4.79 Å². The highest BCUT2D eigenvalue weighted by Crippen LogP contribution is 2.32. The van der Waals surface area contributed by atoms with Crippen LogP contribution in [0.2, 0.25) is 5.02 Å². The van der Waals surface area contributed by atoms with Gasteiger partial charge in [-0.15, -0.1) is 0 Å². The van der Waals surface area contributed by atoms with E-state index >= 15 is 0 Å². The average Bonchev–Trinajstić information content (AvgIpc) is 3.09. The Morgan fingerprint density at radius 2 is 2.05 bits per heavy atom. The first-order valence-electron chi connectivity index (χ1n) is 7.23. The minimum Gasteiger partial charge on any atom is -0.336 e. The van der Waals surface area contributed by atoms with Gasteiger partial charge in [-0.2, -0.15) is 0 Å². The van der Waals surface area contributed by atoms with Gasteiger partial charge in [-0.25, -0.2) is 4.79 Å². The van der Waals surface area contributed by atoms with Crippen molar-refractivity contribution in [2.24, 2.45) is 0 Å². The molecule has 2 aliphatic heterocycles. The maximum atomic E-state index is 12.2. The van der Waals surface area contributed by atoms with Crippen LogP contribution in [0.3, 0.4) is 0 Å². The first-order chi connectivity index (χ1) is 10.1. The third-order valence-electron chi connectivity index (χ3n) is 4.11. The van der Waals surface area contributed by atoms with E-state index in [4.69, 9.17) is 11.6 Å². The number of hydrogen-bond acceptors (Lipinski definition) is 3. The molecule has 2 fully saturated rings. The molecule has 0 bridgehead atoms. The van der Waals surface area contributed by atoms with Gasteiger partial charge in [0.15, 0.2) is 0 Å². The monoisotopic (exact) mass is 307 g/mol. The number of urea groups is 1. The molecule has 1 aromatic rings. The van der Waals surface area contributed by atoms with E-state index in [0.29, 0.717) is 24.7 Å². The Balaban J connectivity index is 1.68. The van der Waals surface area contributed by atoms with Crippen molar-refractivity contribution < 1.29 is 9.59 Å². The number of halogens is 1. The summed E-state index contributed by atoms with van der Waals surface area (Å²) in [6.07, 6.45) is 2.09. The molecule has 1 N–H and O–H groups in total. The lowest BCUT2D eigenvalue weighted by Gasteiger charge is -2.25. The number of rotatable bonds is 3. The van der Waals surface area contributed by atoms with E-state index in [0.717, 1.165) is 19.4 Å². The number of carbonyl (C=O) groups excluding carboxylic acids is 2. The fraction of sp³-hybridized carbons (Fsp3) is 0.467. The summed E-state index contributed by atoms with van der Waals surface area (Å²) in [4.78, 5) is 27.2. The van der Waals surface area contributed by atoms with E-state index in [1.807, 2.05) is 24.3 Å². The summed E-state index contributed by atoms with van der Waals surface area (Å²) in [5, 5.41) is 3.37. The minimum atomic E-state index is -0.276. The zero-order valence-electron chi connectivity index (χ0n) is 11.7. The zero-order valence-corrected chi connectivity index (χ0v) is 12.5. The Labute approximate surface area is 128 Å². The molecule has 0 radical (unpaired) electrons. The fourth-order valence-electron chi connectivity index (χ4n) is 3.05. The summed E-state index contributed by atoms with van der Waals surface area (Å²) in [5.74, 6) is -0.120. The van der Waals surface area contributed by atoms with Crippen molar-refractivity contribution in [3.8, 4) is 0 Å². The Bertz CT molecular complexity index is 546. The third kappa shape index (κ3) is 3.04. The van der Waals surface area contributed by atoms with E-state index in [9.17, 15) is 9.59 Å². The maximum absolute atomic E-state index is 12.2. The van der Waals surface area contributed by atoms with Gasteiger partial charge in [0, 0.05) is 24.2 Å². The first-order valence-corrected chi connectivity index (χ1v) is 7.60. The van der Waals surface area contributed by atoms with Crippen LogP contribution in [0.1, 0.15) is 24.4 Å². The third-order valence-corrected chi connectivity index (χ3v) is 4.37. The highest BCUT2D eigenvalue weighted by Gasteiger charge is 2.32. The normalized spacial score (nSPS) is 22.6. The van der Waals surface area contributed by atoms with Crippen molar-refractivity contribution in [3.05, 3.63) is 34.9 Å². The molecular formula is C15H18ClN3O2. The molecule has 6 heteroatoms. The van der Waals surface area contributed by atoms with Crippen molar-refractivity contribution in [3.63, 3.8) is 0 Å². The van der Waals surface area contributed by atoms with E-state index in [2.05, 4.69) is 10.2 Å². The summed E-state index contributed by atoms with van der Waals surface area (Å²) in [5.41, 5.74) is 1.18. The van der Waals surface area contributed by atoms with Crippen molar-refractivity contribution >= 4 is 23.5 Å². The predicted molar refractivity (Wildman–Crippen MR) is 80.1 cm³/mol. The molecule has 1 unspecified atom stereocenters. The number of nitrogens with one attached hydrogen (secondary N) is 1. The van der Waals surface area contributed by atoms with Gasteiger partial charge in [-0.3, -0.25) is 14.6 Å². The van der Waals surface area contributed by atoms with Gasteiger partial charge < -0.3 is 5.32 Å². The zero-order chi connectivity index (χ0) is 14.8. The summed E-state index contributed by atoms with van der Waals surface area (Å²) < 4.78 is 0. The smallest absolute Gasteiger partial charge is 0.324 e. The standard InChI is InChI=1S/C15H18ClN3O2/c16-12-5-3-11(4-6-12)13-2-1-8-18(13)10-14(20)19-9-7-17-15(19)21/h3-6,13H,1-2,7-10H2,(H,17,21). The van der Waals surface area contributed by atoms with E-state index < -0.39 is 0 Å². The Kier molecular flexibility index (Phi) is 4.12. The number of amides is 3. The lowest BCUT2D eigenvalue weighted by Crippen LogP contribution is -2.41. The number of nitrogens with zero attached hydrogens (tertiary/aromatic N) is 2. The number of likely N-dealkylation sites (tertiary alicyclic amines) is 1. The van der Waals surface area contributed by atoms with Crippen LogP contribution in [0.25, 0.3) is 0 Å². The summed E-state index contributed by atoms with van der Waals surface area (Å²) in [7, 11) is 0. The van der Waals surface area contributed by atoms with Gasteiger partial charge in [0.2, 0.25) is 5.91 Å². The largest absolute Gasteiger partial charge is 0.336 e. The van der Waals surface area contributed by atoms with Crippen LogP contribution in [0, 0.1) is 0 Å². The molecule has 0 aliphatic carbocycles. The van der Waals surface area contributed by atoms with E-state index in [-0.39, 0.29) is 18.0 Å². The van der Waals surface area contributed by atoms with Crippen LogP contribution >= 0.6 is 11.6 Å². The molecule has 2 heterocycles. The minimum absolute atomic E-state index is 0.120. The summed E-state index contributed by atoms with van der Waals surface area (Å²) >= 11 is 5.92. The highest BCUT2D eigenvalue weighted by molar-refractivity contribution is 6.30. The molecule has 112 valence electrons. The number of hydrogen-bond donors (Lipinski definition) is 1. The molecule has 1 atom stereocenters. The molecular weight excluding hydrogens is 290 g/mol. The molecule has 0 spiro atoms. The first kappa shape index (κ1) is 14.4. The van der Waals surface area contributed by atoms with Gasteiger partial charge >= 0.3 is 6.03 Å². The van der Waals surface area contributed by atoms with Crippen molar-refractivity contribution in [2.75, 3.05) is 26.2 Å². The molecule has 0 saturated carbocycles. The molecule has 3 amide bonds. The van der Waals surface area contributed by atoms with Gasteiger partial charge in [-0.1, -0.05) is 23.7 Å². The van der Waals surface area contributed by atoms with Crippen molar-refractivity contribution in [2.45, 2.75) is 18.9 Å². The van der Waals surface area contributed by atoms with Crippen molar-refractivity contribution in [1.82, 2.24) is 15.1 Å². The van der Waals surface area contributed by atoms with Crippen LogP contribution in [0.4, 0.5) is 4.79 Å². The lowest BCUT2D eigenvalue weighted by molar-refractivity contribution is -0.129. The molecule has 21 heavy (non-hydrogen) atoms. The van der Waals surface area contributed by atoms with Gasteiger partial charge in [-0.05, 0) is 37.1 Å². The molecule has 2 saturated heterocycles. The molecule has 5 nitrogen and oxygen atoms in total. The van der Waals surface area contributed by atoms with Crippen LogP contribution in [0.5, 0.6) is 0 Å². The SMILES string of the molecule is O=C(CN1CCCC1c1ccc(Cl)cc1)N1CCNC1=O. The van der Waals surface area contributed by atoms with Crippen molar-refractivity contribution in [1.29, 1.82) is 0 Å². The second kappa shape index (κ2) is 6.03. The Hall–Kier alpha value is -1.59. The Morgan fingerprint density at radius 3 is 2.71 bits per heavy atom. The fourth-order valence-corrected chi connectivity index (χ4v) is 3.17. The van der Waals surface area contributed by atoms with Gasteiger partial charge in [0.1, 0.15) is 0 Å². The predicted octanol–water partition coefficient (Wildman–Crippen LogP) is 2.03. The molecule has 0 aromatic heterocycles. The number of imide groups is 1. The van der Waals surface area contributed by atoms with E-state index in [1.165, 1.54) is 10.5 Å². The maximum Gasteiger partial charge on any atom is 0.324 e. The van der Waals surface area contributed by atoms with Crippen LogP contribution in [0.15, 0.2) is 24.3 Å². The van der Waals surface area contributed by atoms with E-state index in [1.54, 1.807) is 0 Å². The second-order valence-corrected chi connectivity index (χ2v) is 5.89. The lowest BCUT2D eigenvalue weighted by atomic mass is 10.0.